The maximum Gasteiger partial charge on any atom is 0.361 e. The first-order valence-electron chi connectivity index (χ1n) is 2.19. The van der Waals surface area contributed by atoms with Crippen LogP contribution in [0.15, 0.2) is 10.2 Å². The van der Waals surface area contributed by atoms with Crippen LogP contribution >= 0.6 is 31.9 Å². The molecule has 1 aliphatic heterocycles. The first-order chi connectivity index (χ1) is 4.57. The van der Waals surface area contributed by atoms with Crippen molar-refractivity contribution in [3.63, 3.8) is 0 Å². The molecule has 1 rings (SSSR count). The van der Waals surface area contributed by atoms with E-state index >= 15 is 0 Å². The van der Waals surface area contributed by atoms with Crippen molar-refractivity contribution in [2.24, 2.45) is 10.2 Å². The molecular formula is C3HBr2N3O2. The molecule has 1 aliphatic rings. The van der Waals surface area contributed by atoms with Gasteiger partial charge >= 0.3 is 4.45 Å². The number of hydrogen-bond acceptors (Lipinski definition) is 4. The van der Waals surface area contributed by atoms with Crippen molar-refractivity contribution in [1.29, 1.82) is 0 Å². The highest BCUT2D eigenvalue weighted by Gasteiger charge is 2.46. The summed E-state index contributed by atoms with van der Waals surface area (Å²) in [6.45, 7) is 0. The monoisotopic (exact) mass is 269 g/mol. The Labute approximate surface area is 72.6 Å². The average Bonchev–Trinajstić information content (AvgIpc) is 2.15. The summed E-state index contributed by atoms with van der Waals surface area (Å²) in [4.78, 5) is 9.76. The number of nitro groups is 1. The average molecular weight is 271 g/mol. The summed E-state index contributed by atoms with van der Waals surface area (Å²) in [7, 11) is 0. The van der Waals surface area contributed by atoms with Gasteiger partial charge < -0.3 is 0 Å². The molecule has 0 aromatic rings. The third-order valence-electron chi connectivity index (χ3n) is 0.929. The molecule has 0 aromatic carbocycles. The number of alkyl halides is 1. The molecule has 0 bridgehead atoms. The molecule has 0 saturated heterocycles. The molecule has 0 spiro atoms. The number of halogens is 2. The second-order valence-corrected chi connectivity index (χ2v) is 3.53. The second kappa shape index (κ2) is 2.39. The van der Waals surface area contributed by atoms with E-state index < -0.39 is 9.37 Å². The van der Waals surface area contributed by atoms with E-state index in [1.54, 1.807) is 0 Å². The SMILES string of the molecule is O=[N+]([O-])C1(Br)C=NN=C1Br. The van der Waals surface area contributed by atoms with E-state index in [0.717, 1.165) is 6.21 Å². The molecule has 1 heterocycles. The van der Waals surface area contributed by atoms with Crippen LogP contribution in [0.1, 0.15) is 0 Å². The van der Waals surface area contributed by atoms with Gasteiger partial charge in [-0.2, -0.15) is 5.10 Å². The van der Waals surface area contributed by atoms with Crippen LogP contribution in [0.5, 0.6) is 0 Å². The van der Waals surface area contributed by atoms with Crippen molar-refractivity contribution in [2.45, 2.75) is 4.45 Å². The van der Waals surface area contributed by atoms with Gasteiger partial charge in [-0.25, -0.2) is 0 Å². The lowest BCUT2D eigenvalue weighted by Crippen LogP contribution is -2.36. The first-order valence-corrected chi connectivity index (χ1v) is 3.77. The van der Waals surface area contributed by atoms with Crippen molar-refractivity contribution < 1.29 is 4.92 Å². The lowest BCUT2D eigenvalue weighted by molar-refractivity contribution is -0.492. The normalized spacial score (nSPS) is 30.4. The minimum absolute atomic E-state index is 0.157. The largest absolute Gasteiger partial charge is 0.361 e. The van der Waals surface area contributed by atoms with Crippen molar-refractivity contribution in [2.75, 3.05) is 0 Å². The van der Waals surface area contributed by atoms with Gasteiger partial charge in [0.25, 0.3) is 0 Å². The van der Waals surface area contributed by atoms with Crippen LogP contribution in [0.3, 0.4) is 0 Å². The molecule has 7 heteroatoms. The molecule has 10 heavy (non-hydrogen) atoms. The fourth-order valence-electron chi connectivity index (χ4n) is 0.402. The van der Waals surface area contributed by atoms with Crippen LogP contribution in [0.4, 0.5) is 0 Å². The van der Waals surface area contributed by atoms with Crippen LogP contribution in [0, 0.1) is 10.1 Å². The van der Waals surface area contributed by atoms with E-state index in [1.807, 2.05) is 0 Å². The fraction of sp³-hybridized carbons (Fsp3) is 0.333. The third-order valence-corrected chi connectivity index (χ3v) is 3.09. The molecule has 5 nitrogen and oxygen atoms in total. The van der Waals surface area contributed by atoms with Gasteiger partial charge in [-0.05, 0) is 15.9 Å². The van der Waals surface area contributed by atoms with Crippen LogP contribution in [0.2, 0.25) is 0 Å². The zero-order valence-corrected chi connectivity index (χ0v) is 7.66. The van der Waals surface area contributed by atoms with E-state index in [-0.39, 0.29) is 4.62 Å². The summed E-state index contributed by atoms with van der Waals surface area (Å²) in [6, 6.07) is 0. The van der Waals surface area contributed by atoms with Crippen molar-refractivity contribution in [1.82, 2.24) is 0 Å². The molecule has 54 valence electrons. The maximum atomic E-state index is 10.3. The number of rotatable bonds is 1. The smallest absolute Gasteiger partial charge is 0.262 e. The Bertz CT molecular complexity index is 238. The van der Waals surface area contributed by atoms with Gasteiger partial charge in [0.15, 0.2) is 4.62 Å². The molecule has 0 aromatic heterocycles. The molecule has 0 aliphatic carbocycles. The highest BCUT2D eigenvalue weighted by Crippen LogP contribution is 2.25. The summed E-state index contributed by atoms with van der Waals surface area (Å²) in [5.74, 6) is 0. The van der Waals surface area contributed by atoms with E-state index in [0.29, 0.717) is 0 Å². The highest BCUT2D eigenvalue weighted by molar-refractivity contribution is 9.20. The van der Waals surface area contributed by atoms with Crippen molar-refractivity contribution >= 4 is 42.7 Å². The Balaban J connectivity index is 3.00. The minimum atomic E-state index is -1.44. The predicted molar refractivity (Wildman–Crippen MR) is 43.5 cm³/mol. The molecular weight excluding hydrogens is 270 g/mol. The van der Waals surface area contributed by atoms with E-state index in [2.05, 4.69) is 42.1 Å². The quantitative estimate of drug-likeness (QED) is 0.310. The summed E-state index contributed by atoms with van der Waals surface area (Å²) in [5, 5.41) is 17.1. The standard InChI is InChI=1S/C3HBr2N3O2/c4-2-3(5,8(9)10)1-6-7-2/h1H. The Hall–Kier alpha value is -0.300. The lowest BCUT2D eigenvalue weighted by atomic mass is 10.4. The van der Waals surface area contributed by atoms with Gasteiger partial charge in [0.2, 0.25) is 0 Å². The topological polar surface area (TPSA) is 67.9 Å². The summed E-state index contributed by atoms with van der Waals surface area (Å²) in [6.07, 6.45) is 1.11. The van der Waals surface area contributed by atoms with Gasteiger partial charge in [-0.1, -0.05) is 0 Å². The molecule has 0 fully saturated rings. The number of nitrogens with zero attached hydrogens (tertiary/aromatic N) is 3. The highest BCUT2D eigenvalue weighted by atomic mass is 79.9. The minimum Gasteiger partial charge on any atom is -0.262 e. The molecule has 0 amide bonds. The van der Waals surface area contributed by atoms with Gasteiger partial charge in [-0.3, -0.25) is 10.1 Å². The van der Waals surface area contributed by atoms with E-state index in [9.17, 15) is 10.1 Å². The van der Waals surface area contributed by atoms with Crippen LogP contribution in [-0.4, -0.2) is 20.2 Å². The molecule has 1 unspecified atom stereocenters. The van der Waals surface area contributed by atoms with Gasteiger partial charge in [0.05, 0.1) is 4.92 Å². The first kappa shape index (κ1) is 7.80. The molecule has 1 atom stereocenters. The fourth-order valence-corrected chi connectivity index (χ4v) is 0.912. The summed E-state index contributed by atoms with van der Waals surface area (Å²) in [5.41, 5.74) is 0. The Morgan fingerprint density at radius 2 is 2.40 bits per heavy atom. The van der Waals surface area contributed by atoms with E-state index in [1.165, 1.54) is 0 Å². The number of hydrogen-bond donors (Lipinski definition) is 0. The molecule has 0 radical (unpaired) electrons. The van der Waals surface area contributed by atoms with Crippen LogP contribution in [0.25, 0.3) is 0 Å². The summed E-state index contributed by atoms with van der Waals surface area (Å²) < 4.78 is -1.28. The molecule has 0 N–H and O–H groups in total. The van der Waals surface area contributed by atoms with Gasteiger partial charge in [0, 0.05) is 15.9 Å². The Kier molecular flexibility index (Phi) is 1.86. The zero-order chi connectivity index (χ0) is 7.78. The second-order valence-electron chi connectivity index (χ2n) is 1.57. The van der Waals surface area contributed by atoms with Crippen molar-refractivity contribution in [3.8, 4) is 0 Å². The lowest BCUT2D eigenvalue weighted by Gasteiger charge is -2.05. The van der Waals surface area contributed by atoms with Gasteiger partial charge in [-0.15, -0.1) is 5.10 Å². The van der Waals surface area contributed by atoms with Crippen molar-refractivity contribution in [3.05, 3.63) is 10.1 Å². The maximum absolute atomic E-state index is 10.3. The third kappa shape index (κ3) is 0.988. The molecule has 0 saturated carbocycles. The summed E-state index contributed by atoms with van der Waals surface area (Å²) >= 11 is 5.75. The predicted octanol–water partition coefficient (Wildman–Crippen LogP) is 1.15. The van der Waals surface area contributed by atoms with Crippen LogP contribution in [-0.2, 0) is 0 Å². The Morgan fingerprint density at radius 1 is 1.80 bits per heavy atom. The Morgan fingerprint density at radius 3 is 2.60 bits per heavy atom. The zero-order valence-electron chi connectivity index (χ0n) is 4.49. The van der Waals surface area contributed by atoms with Crippen LogP contribution < -0.4 is 0 Å². The van der Waals surface area contributed by atoms with Gasteiger partial charge in [0.1, 0.15) is 6.21 Å². The van der Waals surface area contributed by atoms with E-state index in [4.69, 9.17) is 0 Å².